The first-order valence-corrected chi connectivity index (χ1v) is 5.90. The van der Waals surface area contributed by atoms with E-state index in [9.17, 15) is 0 Å². The molecule has 0 spiro atoms. The Balaban J connectivity index is 2.16. The molecule has 0 aliphatic heterocycles. The quantitative estimate of drug-likeness (QED) is 0.638. The maximum atomic E-state index is 5.36. The van der Waals surface area contributed by atoms with E-state index >= 15 is 0 Å². The van der Waals surface area contributed by atoms with Crippen LogP contribution in [0.3, 0.4) is 0 Å². The zero-order valence-electron chi connectivity index (χ0n) is 10.7. The van der Waals surface area contributed by atoms with Gasteiger partial charge in [0.25, 0.3) is 0 Å². The lowest BCUT2D eigenvalue weighted by Crippen LogP contribution is -2.19. The smallest absolute Gasteiger partial charge is 0.142 e. The molecule has 0 saturated carbocycles. The predicted octanol–water partition coefficient (Wildman–Crippen LogP) is 2.31. The second-order valence-corrected chi connectivity index (χ2v) is 4.31. The number of nitrogens with one attached hydrogen (secondary N) is 1. The summed E-state index contributed by atoms with van der Waals surface area (Å²) in [5, 5.41) is 0. The highest BCUT2D eigenvalue weighted by Gasteiger charge is 2.05. The van der Waals surface area contributed by atoms with Crippen molar-refractivity contribution in [2.45, 2.75) is 13.5 Å². The molecule has 0 aliphatic rings. The lowest BCUT2D eigenvalue weighted by molar-refractivity contribution is 0.891. The highest BCUT2D eigenvalue weighted by Crippen LogP contribution is 2.16. The molecule has 2 rings (SSSR count). The summed E-state index contributed by atoms with van der Waals surface area (Å²) < 4.78 is 0. The van der Waals surface area contributed by atoms with E-state index in [0.717, 1.165) is 12.4 Å². The lowest BCUT2D eigenvalue weighted by atomic mass is 10.1. The SMILES string of the molecule is Cc1ccccc1CN(C)c1cccc(NN)n1. The molecule has 0 atom stereocenters. The van der Waals surface area contributed by atoms with Crippen LogP contribution in [0.1, 0.15) is 11.1 Å². The normalized spacial score (nSPS) is 10.2. The van der Waals surface area contributed by atoms with Crippen LogP contribution in [0.2, 0.25) is 0 Å². The van der Waals surface area contributed by atoms with Gasteiger partial charge in [0.2, 0.25) is 0 Å². The van der Waals surface area contributed by atoms with Crippen molar-refractivity contribution in [3.8, 4) is 0 Å². The maximum Gasteiger partial charge on any atom is 0.142 e. The number of anilines is 2. The Morgan fingerprint density at radius 2 is 1.94 bits per heavy atom. The zero-order valence-corrected chi connectivity index (χ0v) is 10.7. The number of nitrogens with two attached hydrogens (primary N) is 1. The van der Waals surface area contributed by atoms with Gasteiger partial charge in [-0.2, -0.15) is 0 Å². The summed E-state index contributed by atoms with van der Waals surface area (Å²) in [4.78, 5) is 6.51. The van der Waals surface area contributed by atoms with E-state index in [1.807, 2.05) is 25.2 Å². The van der Waals surface area contributed by atoms with Crippen LogP contribution in [0.4, 0.5) is 11.6 Å². The Hall–Kier alpha value is -2.07. The highest BCUT2D eigenvalue weighted by atomic mass is 15.3. The molecule has 1 heterocycles. The molecule has 18 heavy (non-hydrogen) atoms. The van der Waals surface area contributed by atoms with E-state index in [1.54, 1.807) is 0 Å². The van der Waals surface area contributed by atoms with E-state index in [0.29, 0.717) is 5.82 Å². The minimum absolute atomic E-state index is 0.670. The fourth-order valence-electron chi connectivity index (χ4n) is 1.84. The van der Waals surface area contributed by atoms with E-state index in [2.05, 4.69) is 46.5 Å². The van der Waals surface area contributed by atoms with Gasteiger partial charge in [-0.1, -0.05) is 30.3 Å². The van der Waals surface area contributed by atoms with E-state index in [-0.39, 0.29) is 0 Å². The van der Waals surface area contributed by atoms with Crippen molar-refractivity contribution >= 4 is 11.6 Å². The van der Waals surface area contributed by atoms with Gasteiger partial charge in [-0.15, -0.1) is 0 Å². The van der Waals surface area contributed by atoms with Crippen molar-refractivity contribution in [3.05, 3.63) is 53.6 Å². The number of aromatic nitrogens is 1. The molecule has 0 fully saturated rings. The Morgan fingerprint density at radius 3 is 2.67 bits per heavy atom. The van der Waals surface area contributed by atoms with Gasteiger partial charge >= 0.3 is 0 Å². The van der Waals surface area contributed by atoms with Crippen molar-refractivity contribution in [2.75, 3.05) is 17.4 Å². The summed E-state index contributed by atoms with van der Waals surface area (Å²) in [6.45, 7) is 2.95. The number of benzene rings is 1. The zero-order chi connectivity index (χ0) is 13.0. The Kier molecular flexibility index (Phi) is 3.79. The molecule has 4 heteroatoms. The number of hydrazine groups is 1. The highest BCUT2D eigenvalue weighted by molar-refractivity contribution is 5.46. The minimum Gasteiger partial charge on any atom is -0.355 e. The molecule has 2 aromatic rings. The van der Waals surface area contributed by atoms with Crippen LogP contribution >= 0.6 is 0 Å². The first kappa shape index (κ1) is 12.4. The van der Waals surface area contributed by atoms with Gasteiger partial charge in [0, 0.05) is 13.6 Å². The average Bonchev–Trinajstić information content (AvgIpc) is 2.41. The summed E-state index contributed by atoms with van der Waals surface area (Å²) in [5.41, 5.74) is 5.15. The van der Waals surface area contributed by atoms with Crippen molar-refractivity contribution in [3.63, 3.8) is 0 Å². The van der Waals surface area contributed by atoms with Gasteiger partial charge < -0.3 is 10.3 Å². The second kappa shape index (κ2) is 5.51. The molecule has 4 nitrogen and oxygen atoms in total. The van der Waals surface area contributed by atoms with Gasteiger partial charge in [-0.3, -0.25) is 0 Å². The van der Waals surface area contributed by atoms with Gasteiger partial charge in [0.1, 0.15) is 11.6 Å². The Bertz CT molecular complexity index is 525. The van der Waals surface area contributed by atoms with Gasteiger partial charge in [0.15, 0.2) is 0 Å². The summed E-state index contributed by atoms with van der Waals surface area (Å²) in [6.07, 6.45) is 0. The van der Waals surface area contributed by atoms with Gasteiger partial charge in [-0.05, 0) is 30.2 Å². The minimum atomic E-state index is 0.670. The molecule has 0 radical (unpaired) electrons. The first-order chi connectivity index (χ1) is 8.70. The van der Waals surface area contributed by atoms with Crippen LogP contribution in [-0.4, -0.2) is 12.0 Å². The fourth-order valence-corrected chi connectivity index (χ4v) is 1.84. The van der Waals surface area contributed by atoms with Crippen molar-refractivity contribution in [1.29, 1.82) is 0 Å². The average molecular weight is 242 g/mol. The molecule has 1 aromatic carbocycles. The van der Waals surface area contributed by atoms with E-state index < -0.39 is 0 Å². The van der Waals surface area contributed by atoms with Crippen LogP contribution in [-0.2, 0) is 6.54 Å². The fraction of sp³-hybridized carbons (Fsp3) is 0.214. The van der Waals surface area contributed by atoms with Crippen LogP contribution in [0, 0.1) is 6.92 Å². The molecule has 0 unspecified atom stereocenters. The van der Waals surface area contributed by atoms with Crippen LogP contribution in [0.25, 0.3) is 0 Å². The van der Waals surface area contributed by atoms with Crippen LogP contribution in [0.15, 0.2) is 42.5 Å². The topological polar surface area (TPSA) is 54.2 Å². The predicted molar refractivity (Wildman–Crippen MR) is 75.3 cm³/mol. The molecular weight excluding hydrogens is 224 g/mol. The number of hydrogen-bond donors (Lipinski definition) is 2. The molecular formula is C14H18N4. The number of pyridine rings is 1. The van der Waals surface area contributed by atoms with Crippen LogP contribution in [0.5, 0.6) is 0 Å². The summed E-state index contributed by atoms with van der Waals surface area (Å²) in [6, 6.07) is 14.1. The van der Waals surface area contributed by atoms with Crippen molar-refractivity contribution < 1.29 is 0 Å². The monoisotopic (exact) mass is 242 g/mol. The molecule has 0 aliphatic carbocycles. The molecule has 1 aromatic heterocycles. The summed E-state index contributed by atoms with van der Waals surface area (Å²) in [7, 11) is 2.02. The number of nitrogens with zero attached hydrogens (tertiary/aromatic N) is 2. The van der Waals surface area contributed by atoms with Crippen molar-refractivity contribution in [2.24, 2.45) is 5.84 Å². The Morgan fingerprint density at radius 1 is 1.17 bits per heavy atom. The second-order valence-electron chi connectivity index (χ2n) is 4.31. The number of aryl methyl sites for hydroxylation is 1. The third-order valence-electron chi connectivity index (χ3n) is 2.94. The largest absolute Gasteiger partial charge is 0.355 e. The molecule has 0 amide bonds. The third-order valence-corrected chi connectivity index (χ3v) is 2.94. The maximum absolute atomic E-state index is 5.36. The number of hydrogen-bond acceptors (Lipinski definition) is 4. The Labute approximate surface area is 107 Å². The number of rotatable bonds is 4. The summed E-state index contributed by atoms with van der Waals surface area (Å²) >= 11 is 0. The van der Waals surface area contributed by atoms with Crippen LogP contribution < -0.4 is 16.2 Å². The van der Waals surface area contributed by atoms with Gasteiger partial charge in [-0.25, -0.2) is 10.8 Å². The lowest BCUT2D eigenvalue weighted by Gasteiger charge is -2.19. The van der Waals surface area contributed by atoms with Crippen molar-refractivity contribution in [1.82, 2.24) is 4.98 Å². The molecule has 3 N–H and O–H groups in total. The number of nitrogen functional groups attached to an aromatic ring is 1. The third kappa shape index (κ3) is 2.78. The molecule has 94 valence electrons. The van der Waals surface area contributed by atoms with E-state index in [4.69, 9.17) is 5.84 Å². The molecule has 0 saturated heterocycles. The standard InChI is InChI=1S/C14H18N4/c1-11-6-3-4-7-12(11)10-18(2)14-9-5-8-13(16-14)17-15/h3-9H,10,15H2,1-2H3,(H,16,17). The van der Waals surface area contributed by atoms with E-state index in [1.165, 1.54) is 11.1 Å². The molecule has 0 bridgehead atoms. The summed E-state index contributed by atoms with van der Waals surface area (Å²) in [5.74, 6) is 6.93. The van der Waals surface area contributed by atoms with Gasteiger partial charge in [0.05, 0.1) is 0 Å². The first-order valence-electron chi connectivity index (χ1n) is 5.90.